The molecular weight excluding hydrogens is 211 g/mol. The molecule has 1 atom stereocenters. The number of nitro benzene ring substituents is 1. The van der Waals surface area contributed by atoms with Crippen LogP contribution in [0.25, 0.3) is 0 Å². The highest BCUT2D eigenvalue weighted by Gasteiger charge is 2.16. The van der Waals surface area contributed by atoms with Gasteiger partial charge in [0.25, 0.3) is 5.69 Å². The number of hydrogen-bond donors (Lipinski definition) is 1. The van der Waals surface area contributed by atoms with Crippen LogP contribution in [0.3, 0.4) is 0 Å². The first-order chi connectivity index (χ1) is 7.41. The average Bonchev–Trinajstić information content (AvgIpc) is 2.16. The third kappa shape index (κ3) is 2.87. The smallest absolute Gasteiger partial charge is 0.269 e. The number of halogens is 1. The van der Waals surface area contributed by atoms with E-state index in [0.29, 0.717) is 6.42 Å². The number of benzene rings is 1. The fourth-order valence-corrected chi connectivity index (χ4v) is 1.41. The van der Waals surface area contributed by atoms with E-state index in [9.17, 15) is 14.5 Å². The van der Waals surface area contributed by atoms with Crippen molar-refractivity contribution < 1.29 is 9.31 Å². The van der Waals surface area contributed by atoms with Gasteiger partial charge in [0.1, 0.15) is 5.82 Å². The van der Waals surface area contributed by atoms with E-state index in [1.54, 1.807) is 6.92 Å². The van der Waals surface area contributed by atoms with Gasteiger partial charge in [0, 0.05) is 23.7 Å². The summed E-state index contributed by atoms with van der Waals surface area (Å²) in [7, 11) is 0. The van der Waals surface area contributed by atoms with Gasteiger partial charge in [-0.05, 0) is 19.4 Å². The molecule has 0 saturated heterocycles. The quantitative estimate of drug-likeness (QED) is 0.485. The standard InChI is InChI=1S/C11H13FN2O2/c1-7(2)5-11(13)9-6-8(14(15)16)3-4-10(9)12/h3-4,6,11H,1,5,13H2,2H3/t11-/m0/s1. The first kappa shape index (κ1) is 12.3. The van der Waals surface area contributed by atoms with Gasteiger partial charge in [-0.15, -0.1) is 6.58 Å². The molecule has 5 heteroatoms. The monoisotopic (exact) mass is 224 g/mol. The molecule has 0 fully saturated rings. The Morgan fingerprint density at radius 1 is 1.69 bits per heavy atom. The van der Waals surface area contributed by atoms with Gasteiger partial charge < -0.3 is 5.73 Å². The van der Waals surface area contributed by atoms with Crippen molar-refractivity contribution >= 4 is 5.69 Å². The van der Waals surface area contributed by atoms with Gasteiger partial charge in [-0.25, -0.2) is 4.39 Å². The van der Waals surface area contributed by atoms with Crippen molar-refractivity contribution in [1.82, 2.24) is 0 Å². The van der Waals surface area contributed by atoms with E-state index in [1.807, 2.05) is 0 Å². The van der Waals surface area contributed by atoms with Crippen LogP contribution in [0.15, 0.2) is 30.4 Å². The van der Waals surface area contributed by atoms with Crippen LogP contribution in [0, 0.1) is 15.9 Å². The molecule has 1 rings (SSSR count). The molecule has 0 amide bonds. The molecule has 0 spiro atoms. The fraction of sp³-hybridized carbons (Fsp3) is 0.273. The molecule has 0 aromatic heterocycles. The zero-order valence-corrected chi connectivity index (χ0v) is 8.94. The maximum Gasteiger partial charge on any atom is 0.269 e. The highest BCUT2D eigenvalue weighted by atomic mass is 19.1. The third-order valence-corrected chi connectivity index (χ3v) is 2.16. The predicted octanol–water partition coefficient (Wildman–Crippen LogP) is 2.70. The molecule has 1 aromatic rings. The summed E-state index contributed by atoms with van der Waals surface area (Å²) in [6.45, 7) is 5.44. The minimum absolute atomic E-state index is 0.150. The lowest BCUT2D eigenvalue weighted by molar-refractivity contribution is -0.385. The molecular formula is C11H13FN2O2. The summed E-state index contributed by atoms with van der Waals surface area (Å²) in [4.78, 5) is 9.96. The first-order valence-electron chi connectivity index (χ1n) is 4.75. The van der Waals surface area contributed by atoms with Crippen LogP contribution in [-0.4, -0.2) is 4.92 Å². The number of rotatable bonds is 4. The van der Waals surface area contributed by atoms with Crippen molar-refractivity contribution in [2.45, 2.75) is 19.4 Å². The van der Waals surface area contributed by atoms with Crippen LogP contribution in [0.5, 0.6) is 0 Å². The van der Waals surface area contributed by atoms with Crippen LogP contribution in [0.4, 0.5) is 10.1 Å². The van der Waals surface area contributed by atoms with Crippen molar-refractivity contribution in [2.24, 2.45) is 5.73 Å². The molecule has 0 radical (unpaired) electrons. The van der Waals surface area contributed by atoms with E-state index in [1.165, 1.54) is 6.07 Å². The van der Waals surface area contributed by atoms with E-state index in [4.69, 9.17) is 5.73 Å². The summed E-state index contributed by atoms with van der Waals surface area (Å²) in [6, 6.07) is 2.75. The summed E-state index contributed by atoms with van der Waals surface area (Å²) >= 11 is 0. The topological polar surface area (TPSA) is 69.2 Å². The molecule has 0 aliphatic rings. The highest BCUT2D eigenvalue weighted by Crippen LogP contribution is 2.24. The van der Waals surface area contributed by atoms with E-state index in [2.05, 4.69) is 6.58 Å². The SMILES string of the molecule is C=C(C)C[C@H](N)c1cc([N+](=O)[O-])ccc1F. The second-order valence-electron chi connectivity index (χ2n) is 3.73. The minimum atomic E-state index is -0.600. The second kappa shape index (κ2) is 4.85. The van der Waals surface area contributed by atoms with Gasteiger partial charge in [0.2, 0.25) is 0 Å². The summed E-state index contributed by atoms with van der Waals surface area (Å²) in [5, 5.41) is 10.5. The molecule has 4 nitrogen and oxygen atoms in total. The van der Waals surface area contributed by atoms with Crippen molar-refractivity contribution in [3.8, 4) is 0 Å². The number of nitro groups is 1. The van der Waals surface area contributed by atoms with Gasteiger partial charge in [0.15, 0.2) is 0 Å². The van der Waals surface area contributed by atoms with Crippen molar-refractivity contribution in [3.63, 3.8) is 0 Å². The first-order valence-corrected chi connectivity index (χ1v) is 4.75. The van der Waals surface area contributed by atoms with Crippen LogP contribution < -0.4 is 5.73 Å². The molecule has 16 heavy (non-hydrogen) atoms. The molecule has 0 aliphatic carbocycles. The molecule has 0 unspecified atom stereocenters. The Labute approximate surface area is 92.7 Å². The van der Waals surface area contributed by atoms with Crippen LogP contribution in [0.1, 0.15) is 24.9 Å². The van der Waals surface area contributed by atoms with E-state index in [0.717, 1.165) is 17.7 Å². The molecule has 2 N–H and O–H groups in total. The Bertz CT molecular complexity index is 432. The summed E-state index contributed by atoms with van der Waals surface area (Å²) < 4.78 is 13.4. The number of non-ortho nitro benzene ring substituents is 1. The number of nitrogens with two attached hydrogens (primary N) is 1. The highest BCUT2D eigenvalue weighted by molar-refractivity contribution is 5.37. The predicted molar refractivity (Wildman–Crippen MR) is 59.4 cm³/mol. The van der Waals surface area contributed by atoms with Crippen molar-refractivity contribution in [2.75, 3.05) is 0 Å². The minimum Gasteiger partial charge on any atom is -0.324 e. The zero-order chi connectivity index (χ0) is 12.3. The normalized spacial score (nSPS) is 12.2. The summed E-state index contributed by atoms with van der Waals surface area (Å²) in [6.07, 6.45) is 0.401. The van der Waals surface area contributed by atoms with Crippen LogP contribution in [0.2, 0.25) is 0 Å². The summed E-state index contributed by atoms with van der Waals surface area (Å²) in [5.74, 6) is -0.528. The van der Waals surface area contributed by atoms with Gasteiger partial charge >= 0.3 is 0 Å². The maximum absolute atomic E-state index is 13.4. The Balaban J connectivity index is 3.06. The van der Waals surface area contributed by atoms with E-state index >= 15 is 0 Å². The third-order valence-electron chi connectivity index (χ3n) is 2.16. The molecule has 86 valence electrons. The fourth-order valence-electron chi connectivity index (χ4n) is 1.41. The molecule has 0 aliphatic heterocycles. The van der Waals surface area contributed by atoms with Crippen LogP contribution in [-0.2, 0) is 0 Å². The lowest BCUT2D eigenvalue weighted by Gasteiger charge is -2.12. The van der Waals surface area contributed by atoms with Crippen LogP contribution >= 0.6 is 0 Å². The maximum atomic E-state index is 13.4. The van der Waals surface area contributed by atoms with Gasteiger partial charge in [0.05, 0.1) is 4.92 Å². The van der Waals surface area contributed by atoms with Crippen molar-refractivity contribution in [1.29, 1.82) is 0 Å². The van der Waals surface area contributed by atoms with Gasteiger partial charge in [-0.3, -0.25) is 10.1 Å². The molecule has 0 heterocycles. The Morgan fingerprint density at radius 2 is 2.31 bits per heavy atom. The molecule has 0 bridgehead atoms. The second-order valence-corrected chi connectivity index (χ2v) is 3.73. The molecule has 0 saturated carbocycles. The lowest BCUT2D eigenvalue weighted by Crippen LogP contribution is -2.12. The Kier molecular flexibility index (Phi) is 3.73. The zero-order valence-electron chi connectivity index (χ0n) is 8.94. The number of nitrogens with zero attached hydrogens (tertiary/aromatic N) is 1. The summed E-state index contributed by atoms with van der Waals surface area (Å²) in [5.41, 5.74) is 6.54. The van der Waals surface area contributed by atoms with E-state index in [-0.39, 0.29) is 11.3 Å². The number of hydrogen-bond acceptors (Lipinski definition) is 3. The van der Waals surface area contributed by atoms with Crippen molar-refractivity contribution in [3.05, 3.63) is 51.8 Å². The van der Waals surface area contributed by atoms with E-state index < -0.39 is 16.8 Å². The lowest BCUT2D eigenvalue weighted by atomic mass is 10.0. The largest absolute Gasteiger partial charge is 0.324 e. The molecule has 1 aromatic carbocycles. The van der Waals surface area contributed by atoms with Gasteiger partial charge in [-0.2, -0.15) is 0 Å². The van der Waals surface area contributed by atoms with Gasteiger partial charge in [-0.1, -0.05) is 5.57 Å². The average molecular weight is 224 g/mol. The Hall–Kier alpha value is -1.75. The Morgan fingerprint density at radius 3 is 2.81 bits per heavy atom.